The van der Waals surface area contributed by atoms with Crippen LogP contribution in [0.15, 0.2) is 0 Å². The van der Waals surface area contributed by atoms with E-state index in [1.165, 1.54) is 13.8 Å². The van der Waals surface area contributed by atoms with Crippen LogP contribution < -0.4 is 0 Å². The first kappa shape index (κ1) is 12.4. The molecule has 0 saturated carbocycles. The van der Waals surface area contributed by atoms with Gasteiger partial charge in [0.05, 0.1) is 4.75 Å². The topological polar surface area (TPSA) is 69.7 Å². The summed E-state index contributed by atoms with van der Waals surface area (Å²) in [6.45, 7) is 5.75. The third-order valence-corrected chi connectivity index (χ3v) is 3.66. The van der Waals surface area contributed by atoms with Crippen molar-refractivity contribution < 1.29 is 22.4 Å². The molecule has 78 valence electrons. The van der Waals surface area contributed by atoms with Crippen LogP contribution in [0.25, 0.3) is 0 Å². The zero-order valence-corrected chi connectivity index (χ0v) is 8.97. The Hall–Kier alpha value is -0.620. The maximum absolute atomic E-state index is 11.3. The van der Waals surface area contributed by atoms with Gasteiger partial charge in [0.15, 0.2) is 0 Å². The number of hydrogen-bond acceptors (Lipinski definition) is 5. The molecular formula is C7H14O5S. The van der Waals surface area contributed by atoms with Crippen molar-refractivity contribution in [3.8, 4) is 0 Å². The Kier molecular flexibility index (Phi) is 3.87. The maximum atomic E-state index is 11.3. The summed E-state index contributed by atoms with van der Waals surface area (Å²) >= 11 is 0. The average molecular weight is 210 g/mol. The molecule has 0 aliphatic heterocycles. The van der Waals surface area contributed by atoms with Crippen molar-refractivity contribution in [3.63, 3.8) is 0 Å². The van der Waals surface area contributed by atoms with Gasteiger partial charge in [-0.05, 0) is 20.3 Å². The van der Waals surface area contributed by atoms with E-state index in [1.54, 1.807) is 6.92 Å². The molecular weight excluding hydrogens is 196 g/mol. The fourth-order valence-corrected chi connectivity index (χ4v) is 1.08. The number of carbonyl (C=O) groups excluding carboxylic acids is 1. The van der Waals surface area contributed by atoms with E-state index in [-0.39, 0.29) is 0 Å². The van der Waals surface area contributed by atoms with Crippen molar-refractivity contribution >= 4 is 16.1 Å². The second-order valence-corrected chi connectivity index (χ2v) is 5.36. The number of carbonyl (C=O) groups is 1. The molecule has 0 aromatic carbocycles. The molecule has 0 fully saturated rings. The molecule has 0 aromatic heterocycles. The summed E-state index contributed by atoms with van der Waals surface area (Å²) in [6.07, 6.45) is 0.372. The van der Waals surface area contributed by atoms with Gasteiger partial charge in [-0.1, -0.05) is 11.3 Å². The van der Waals surface area contributed by atoms with Crippen molar-refractivity contribution in [3.05, 3.63) is 0 Å². The molecule has 0 N–H and O–H groups in total. The molecule has 6 heteroatoms. The highest BCUT2D eigenvalue weighted by Gasteiger charge is 2.35. The molecule has 0 spiro atoms. The minimum absolute atomic E-state index is 0.372. The largest absolute Gasteiger partial charge is 0.340 e. The molecule has 13 heavy (non-hydrogen) atoms. The molecule has 0 radical (unpaired) electrons. The van der Waals surface area contributed by atoms with Crippen LogP contribution in [-0.2, 0) is 24.1 Å². The second kappa shape index (κ2) is 4.06. The zero-order chi connectivity index (χ0) is 10.7. The van der Waals surface area contributed by atoms with Crippen LogP contribution in [0, 0.1) is 0 Å². The van der Waals surface area contributed by atoms with E-state index in [4.69, 9.17) is 0 Å². The highest BCUT2D eigenvalue weighted by Crippen LogP contribution is 2.21. The minimum atomic E-state index is -3.85. The Labute approximate surface area is 78.1 Å². The van der Waals surface area contributed by atoms with Crippen molar-refractivity contribution in [2.45, 2.75) is 38.9 Å². The summed E-state index contributed by atoms with van der Waals surface area (Å²) in [6, 6.07) is 0. The van der Waals surface area contributed by atoms with Crippen molar-refractivity contribution in [2.24, 2.45) is 0 Å². The van der Waals surface area contributed by atoms with Crippen molar-refractivity contribution in [1.82, 2.24) is 0 Å². The molecule has 0 heterocycles. The molecule has 5 nitrogen and oxygen atoms in total. The Bertz CT molecular complexity index is 277. The van der Waals surface area contributed by atoms with E-state index in [2.05, 4.69) is 9.22 Å². The fraction of sp³-hybridized carbons (Fsp3) is 0.857. The van der Waals surface area contributed by atoms with Gasteiger partial charge >= 0.3 is 16.1 Å². The van der Waals surface area contributed by atoms with E-state index < -0.39 is 20.8 Å². The maximum Gasteiger partial charge on any atom is 0.340 e. The molecule has 0 aromatic rings. The van der Waals surface area contributed by atoms with Crippen LogP contribution in [0.1, 0.15) is 34.1 Å². The summed E-state index contributed by atoms with van der Waals surface area (Å²) < 4.78 is 25.6. The van der Waals surface area contributed by atoms with Crippen LogP contribution in [-0.4, -0.2) is 19.1 Å². The van der Waals surface area contributed by atoms with Gasteiger partial charge in [0.2, 0.25) is 0 Å². The van der Waals surface area contributed by atoms with Gasteiger partial charge in [-0.3, -0.25) is 4.89 Å². The first-order valence-electron chi connectivity index (χ1n) is 3.84. The molecule has 0 bridgehead atoms. The van der Waals surface area contributed by atoms with Gasteiger partial charge < -0.3 is 0 Å². The molecule has 0 rings (SSSR count). The van der Waals surface area contributed by atoms with E-state index >= 15 is 0 Å². The van der Waals surface area contributed by atoms with Gasteiger partial charge in [-0.25, -0.2) is 4.79 Å². The van der Waals surface area contributed by atoms with Crippen molar-refractivity contribution in [2.75, 3.05) is 0 Å². The lowest BCUT2D eigenvalue weighted by molar-refractivity contribution is -0.209. The SMILES string of the molecule is CCC(C)(C)S(=O)(=O)OOC(C)=O. The molecule has 0 unspecified atom stereocenters. The van der Waals surface area contributed by atoms with Crippen LogP contribution in [0.3, 0.4) is 0 Å². The lowest BCUT2D eigenvalue weighted by Gasteiger charge is -2.19. The fourth-order valence-electron chi connectivity index (χ4n) is 0.362. The lowest BCUT2D eigenvalue weighted by atomic mass is 10.1. The molecule has 0 amide bonds. The quantitative estimate of drug-likeness (QED) is 0.511. The summed E-state index contributed by atoms with van der Waals surface area (Å²) in [7, 11) is -3.85. The minimum Gasteiger partial charge on any atom is -0.282 e. The number of hydrogen-bond donors (Lipinski definition) is 0. The predicted molar refractivity (Wildman–Crippen MR) is 46.1 cm³/mol. The highest BCUT2D eigenvalue weighted by atomic mass is 32.2. The molecule has 0 saturated heterocycles. The molecule has 0 atom stereocenters. The lowest BCUT2D eigenvalue weighted by Crippen LogP contribution is -2.33. The van der Waals surface area contributed by atoms with Gasteiger partial charge in [0, 0.05) is 6.92 Å². The standard InChI is InChI=1S/C7H14O5S/c1-5-7(3,4)13(9,10)12-11-6(2)8/h5H2,1-4H3. The summed E-state index contributed by atoms with van der Waals surface area (Å²) in [5.74, 6) is -0.796. The third-order valence-electron chi connectivity index (χ3n) is 1.77. The first-order chi connectivity index (χ1) is 5.73. The summed E-state index contributed by atoms with van der Waals surface area (Å²) in [5, 5.41) is 0. The summed E-state index contributed by atoms with van der Waals surface area (Å²) in [4.78, 5) is 14.3. The normalized spacial score (nSPS) is 12.6. The summed E-state index contributed by atoms with van der Waals surface area (Å²) in [5.41, 5.74) is 0. The highest BCUT2D eigenvalue weighted by molar-refractivity contribution is 7.88. The number of rotatable bonds is 4. The van der Waals surface area contributed by atoms with Crippen molar-refractivity contribution in [1.29, 1.82) is 0 Å². The van der Waals surface area contributed by atoms with E-state index in [0.29, 0.717) is 6.42 Å². The van der Waals surface area contributed by atoms with Crippen LogP contribution >= 0.6 is 0 Å². The molecule has 0 aliphatic carbocycles. The second-order valence-electron chi connectivity index (χ2n) is 3.21. The van der Waals surface area contributed by atoms with Gasteiger partial charge in [0.25, 0.3) is 0 Å². The average Bonchev–Trinajstić information content (AvgIpc) is 2.01. The third kappa shape index (κ3) is 3.31. The monoisotopic (exact) mass is 210 g/mol. The van der Waals surface area contributed by atoms with Gasteiger partial charge in [0.1, 0.15) is 0 Å². The van der Waals surface area contributed by atoms with Crippen LogP contribution in [0.5, 0.6) is 0 Å². The Morgan fingerprint density at radius 3 is 2.15 bits per heavy atom. The Balaban J connectivity index is 4.50. The van der Waals surface area contributed by atoms with Crippen LogP contribution in [0.4, 0.5) is 0 Å². The van der Waals surface area contributed by atoms with Gasteiger partial charge in [-0.2, -0.15) is 8.42 Å². The smallest absolute Gasteiger partial charge is 0.282 e. The van der Waals surface area contributed by atoms with E-state index in [0.717, 1.165) is 6.92 Å². The zero-order valence-electron chi connectivity index (χ0n) is 8.16. The Morgan fingerprint density at radius 2 is 1.85 bits per heavy atom. The van der Waals surface area contributed by atoms with Crippen LogP contribution in [0.2, 0.25) is 0 Å². The predicted octanol–water partition coefficient (Wildman–Crippen LogP) is 1.000. The molecule has 0 aliphatic rings. The van der Waals surface area contributed by atoms with E-state index in [1.807, 2.05) is 0 Å². The Morgan fingerprint density at radius 1 is 1.38 bits per heavy atom. The van der Waals surface area contributed by atoms with E-state index in [9.17, 15) is 13.2 Å². The van der Waals surface area contributed by atoms with Gasteiger partial charge in [-0.15, -0.1) is 0 Å². The first-order valence-corrected chi connectivity index (χ1v) is 5.25.